The largest absolute Gasteiger partial charge is 0.312 e. The number of amides is 1. The van der Waals surface area contributed by atoms with Crippen LogP contribution in [0.5, 0.6) is 0 Å². The van der Waals surface area contributed by atoms with Gasteiger partial charge in [-0.25, -0.2) is 0 Å². The molecule has 0 saturated carbocycles. The van der Waals surface area contributed by atoms with Crippen molar-refractivity contribution in [2.45, 2.75) is 26.7 Å². The highest BCUT2D eigenvalue weighted by molar-refractivity contribution is 6.00. The smallest absolute Gasteiger partial charge is 0.227 e. The predicted molar refractivity (Wildman–Crippen MR) is 95.0 cm³/mol. The lowest BCUT2D eigenvalue weighted by atomic mass is 10.1. The monoisotopic (exact) mass is 307 g/mol. The van der Waals surface area contributed by atoms with Crippen molar-refractivity contribution in [1.29, 1.82) is 0 Å². The maximum absolute atomic E-state index is 11.8. The van der Waals surface area contributed by atoms with Crippen LogP contribution in [0, 0.1) is 6.92 Å². The van der Waals surface area contributed by atoms with E-state index in [0.717, 1.165) is 35.6 Å². The maximum Gasteiger partial charge on any atom is 0.227 e. The van der Waals surface area contributed by atoms with E-state index in [-0.39, 0.29) is 5.91 Å². The Balaban J connectivity index is 1.69. The van der Waals surface area contributed by atoms with Crippen LogP contribution in [0.25, 0.3) is 0 Å². The van der Waals surface area contributed by atoms with Crippen molar-refractivity contribution in [1.82, 2.24) is 0 Å². The van der Waals surface area contributed by atoms with Crippen LogP contribution in [-0.2, 0) is 4.79 Å². The van der Waals surface area contributed by atoms with Gasteiger partial charge in [0.2, 0.25) is 5.91 Å². The van der Waals surface area contributed by atoms with Crippen molar-refractivity contribution in [3.63, 3.8) is 0 Å². The van der Waals surface area contributed by atoms with Crippen molar-refractivity contribution in [3.8, 4) is 0 Å². The quantitative estimate of drug-likeness (QED) is 0.686. The van der Waals surface area contributed by atoms with E-state index < -0.39 is 0 Å². The molecule has 1 aliphatic rings. The van der Waals surface area contributed by atoms with Gasteiger partial charge in [-0.1, -0.05) is 29.8 Å². The Morgan fingerprint density at radius 2 is 1.78 bits per heavy atom. The van der Waals surface area contributed by atoms with Crippen LogP contribution in [0.1, 0.15) is 30.9 Å². The molecule has 1 heterocycles. The molecule has 0 spiro atoms. The van der Waals surface area contributed by atoms with E-state index in [0.29, 0.717) is 6.42 Å². The van der Waals surface area contributed by atoms with Crippen LogP contribution in [0.2, 0.25) is 0 Å². The summed E-state index contributed by atoms with van der Waals surface area (Å²) in [6, 6.07) is 16.1. The molecule has 1 N–H and O–H groups in total. The Hall–Kier alpha value is -2.62. The van der Waals surface area contributed by atoms with Crippen molar-refractivity contribution in [3.05, 3.63) is 59.7 Å². The second-order valence-electron chi connectivity index (χ2n) is 5.87. The Morgan fingerprint density at radius 3 is 2.39 bits per heavy atom. The highest BCUT2D eigenvalue weighted by Gasteiger charge is 2.21. The minimum Gasteiger partial charge on any atom is -0.312 e. The van der Waals surface area contributed by atoms with Gasteiger partial charge in [-0.15, -0.1) is 0 Å². The van der Waals surface area contributed by atoms with Crippen LogP contribution in [0.4, 0.5) is 11.4 Å². The minimum atomic E-state index is 0.212. The first-order chi connectivity index (χ1) is 11.1. The zero-order valence-corrected chi connectivity index (χ0v) is 13.5. The molecule has 1 saturated heterocycles. The Morgan fingerprint density at radius 1 is 1.09 bits per heavy atom. The number of hydrogen-bond acceptors (Lipinski definition) is 3. The molecule has 1 aliphatic heterocycles. The summed E-state index contributed by atoms with van der Waals surface area (Å²) in [6.07, 6.45) is 1.60. The SMILES string of the molecule is C/C(=N/Nc1ccc(C)cc1)c1ccc(N2CCCC2=O)cc1. The summed E-state index contributed by atoms with van der Waals surface area (Å²) >= 11 is 0. The van der Waals surface area contributed by atoms with E-state index >= 15 is 0 Å². The van der Waals surface area contributed by atoms with Gasteiger partial charge in [-0.05, 0) is 50.1 Å². The number of aryl methyl sites for hydroxylation is 1. The average Bonchev–Trinajstić information content (AvgIpc) is 3.00. The fraction of sp³-hybridized carbons (Fsp3) is 0.263. The fourth-order valence-electron chi connectivity index (χ4n) is 2.64. The van der Waals surface area contributed by atoms with Crippen molar-refractivity contribution in [2.24, 2.45) is 5.10 Å². The fourth-order valence-corrected chi connectivity index (χ4v) is 2.64. The molecule has 2 aromatic carbocycles. The second-order valence-corrected chi connectivity index (χ2v) is 5.87. The van der Waals surface area contributed by atoms with Crippen LogP contribution in [-0.4, -0.2) is 18.2 Å². The normalized spacial score (nSPS) is 15.1. The van der Waals surface area contributed by atoms with Gasteiger partial charge in [0.1, 0.15) is 0 Å². The number of rotatable bonds is 4. The van der Waals surface area contributed by atoms with E-state index in [2.05, 4.69) is 29.6 Å². The standard InChI is InChI=1S/C19H21N3O/c1-14-5-9-17(10-6-14)21-20-15(2)16-7-11-18(12-8-16)22-13-3-4-19(22)23/h5-12,21H,3-4,13H2,1-2H3/b20-15-. The molecule has 0 atom stereocenters. The van der Waals surface area contributed by atoms with E-state index in [9.17, 15) is 4.79 Å². The summed E-state index contributed by atoms with van der Waals surface area (Å²) in [5, 5.41) is 4.42. The predicted octanol–water partition coefficient (Wildman–Crippen LogP) is 3.96. The average molecular weight is 307 g/mol. The van der Waals surface area contributed by atoms with Gasteiger partial charge in [0, 0.05) is 18.7 Å². The number of anilines is 2. The van der Waals surface area contributed by atoms with Gasteiger partial charge in [-0.2, -0.15) is 5.10 Å². The number of hydrazone groups is 1. The summed E-state index contributed by atoms with van der Waals surface area (Å²) in [6.45, 7) is 4.85. The molecule has 0 radical (unpaired) electrons. The molecule has 0 aromatic heterocycles. The number of carbonyl (C=O) groups is 1. The lowest BCUT2D eigenvalue weighted by Crippen LogP contribution is -2.23. The lowest BCUT2D eigenvalue weighted by molar-refractivity contribution is -0.117. The van der Waals surface area contributed by atoms with E-state index in [1.54, 1.807) is 0 Å². The molecular formula is C19H21N3O. The third-order valence-corrected chi connectivity index (χ3v) is 4.07. The molecule has 4 heteroatoms. The molecule has 118 valence electrons. The van der Waals surface area contributed by atoms with Crippen LogP contribution in [0.15, 0.2) is 53.6 Å². The second kappa shape index (κ2) is 6.65. The summed E-state index contributed by atoms with van der Waals surface area (Å²) < 4.78 is 0. The number of benzene rings is 2. The van der Waals surface area contributed by atoms with Gasteiger partial charge in [0.25, 0.3) is 0 Å². The highest BCUT2D eigenvalue weighted by atomic mass is 16.2. The summed E-state index contributed by atoms with van der Waals surface area (Å²) in [5.41, 5.74) is 8.18. The Bertz CT molecular complexity index is 717. The molecule has 0 unspecified atom stereocenters. The molecule has 23 heavy (non-hydrogen) atoms. The van der Waals surface area contributed by atoms with E-state index in [1.165, 1.54) is 5.56 Å². The molecule has 0 aliphatic carbocycles. The third-order valence-electron chi connectivity index (χ3n) is 4.07. The molecule has 1 amide bonds. The molecular weight excluding hydrogens is 286 g/mol. The van der Waals surface area contributed by atoms with Crippen molar-refractivity contribution < 1.29 is 4.79 Å². The molecule has 2 aromatic rings. The Kier molecular flexibility index (Phi) is 4.42. The highest BCUT2D eigenvalue weighted by Crippen LogP contribution is 2.21. The van der Waals surface area contributed by atoms with E-state index in [4.69, 9.17) is 0 Å². The summed E-state index contributed by atoms with van der Waals surface area (Å²) in [7, 11) is 0. The first-order valence-electron chi connectivity index (χ1n) is 7.91. The number of nitrogens with one attached hydrogen (secondary N) is 1. The Labute approximate surface area is 136 Å². The summed E-state index contributed by atoms with van der Waals surface area (Å²) in [5.74, 6) is 0.212. The molecule has 3 rings (SSSR count). The topological polar surface area (TPSA) is 44.7 Å². The van der Waals surface area contributed by atoms with Gasteiger partial charge < -0.3 is 4.90 Å². The van der Waals surface area contributed by atoms with Gasteiger partial charge in [-0.3, -0.25) is 10.2 Å². The van der Waals surface area contributed by atoms with Crippen molar-refractivity contribution >= 4 is 23.0 Å². The van der Waals surface area contributed by atoms with E-state index in [1.807, 2.05) is 48.2 Å². The van der Waals surface area contributed by atoms with Crippen LogP contribution >= 0.6 is 0 Å². The van der Waals surface area contributed by atoms with Crippen molar-refractivity contribution in [2.75, 3.05) is 16.9 Å². The first kappa shape index (κ1) is 15.3. The minimum absolute atomic E-state index is 0.212. The number of hydrogen-bond donors (Lipinski definition) is 1. The zero-order chi connectivity index (χ0) is 16.2. The third kappa shape index (κ3) is 3.59. The van der Waals surface area contributed by atoms with Gasteiger partial charge >= 0.3 is 0 Å². The molecule has 1 fully saturated rings. The van der Waals surface area contributed by atoms with Crippen LogP contribution < -0.4 is 10.3 Å². The summed E-state index contributed by atoms with van der Waals surface area (Å²) in [4.78, 5) is 13.6. The maximum atomic E-state index is 11.8. The van der Waals surface area contributed by atoms with Crippen LogP contribution in [0.3, 0.4) is 0 Å². The zero-order valence-electron chi connectivity index (χ0n) is 13.5. The first-order valence-corrected chi connectivity index (χ1v) is 7.91. The molecule has 0 bridgehead atoms. The number of carbonyl (C=O) groups excluding carboxylic acids is 1. The van der Waals surface area contributed by atoms with Gasteiger partial charge in [0.05, 0.1) is 11.4 Å². The molecule has 4 nitrogen and oxygen atoms in total. The number of nitrogens with zero attached hydrogens (tertiary/aromatic N) is 2. The lowest BCUT2D eigenvalue weighted by Gasteiger charge is -2.15. The van der Waals surface area contributed by atoms with Gasteiger partial charge in [0.15, 0.2) is 0 Å².